The summed E-state index contributed by atoms with van der Waals surface area (Å²) in [5.41, 5.74) is 21.6. The number of rotatable bonds is 6. The molecular formula is C96H66. The van der Waals surface area contributed by atoms with Gasteiger partial charge in [-0.25, -0.2) is 0 Å². The second kappa shape index (κ2) is 21.4. The van der Waals surface area contributed by atoms with Crippen LogP contribution in [0.25, 0.3) is 196 Å². The maximum atomic E-state index is 2.51. The molecular weight excluding hydrogens is 1150 g/mol. The minimum Gasteiger partial charge on any atom is -0.0587 e. The molecule has 96 heavy (non-hydrogen) atoms. The molecule has 0 heteroatoms. The Kier molecular flexibility index (Phi) is 12.5. The van der Waals surface area contributed by atoms with E-state index in [1.807, 2.05) is 0 Å². The second-order valence-corrected chi connectivity index (χ2v) is 27.6. The number of hydrogen-bond donors (Lipinski definition) is 0. The van der Waals surface area contributed by atoms with Crippen molar-refractivity contribution in [1.29, 1.82) is 0 Å². The molecule has 0 aromatic heterocycles. The molecule has 19 aromatic rings. The highest BCUT2D eigenvalue weighted by atomic mass is 14.3. The molecule has 0 amide bonds. The van der Waals surface area contributed by atoms with E-state index in [2.05, 4.69) is 333 Å². The highest BCUT2D eigenvalue weighted by Crippen LogP contribution is 2.58. The zero-order valence-electron chi connectivity index (χ0n) is 54.7. The van der Waals surface area contributed by atoms with Crippen molar-refractivity contribution in [2.24, 2.45) is 0 Å². The van der Waals surface area contributed by atoms with E-state index in [-0.39, 0.29) is 0 Å². The van der Waals surface area contributed by atoms with Crippen molar-refractivity contribution in [1.82, 2.24) is 0 Å². The average Bonchev–Trinajstić information content (AvgIpc) is 0.704. The summed E-state index contributed by atoms with van der Waals surface area (Å²) in [7, 11) is 0. The Morgan fingerprint density at radius 1 is 0.115 bits per heavy atom. The Balaban J connectivity index is 1.05. The lowest BCUT2D eigenvalue weighted by Crippen LogP contribution is -2.03. The third-order valence-corrected chi connectivity index (χ3v) is 21.2. The van der Waals surface area contributed by atoms with E-state index in [9.17, 15) is 0 Å². The number of aryl methyl sites for hydroxylation is 6. The number of hydrogen-bond acceptors (Lipinski definition) is 0. The van der Waals surface area contributed by atoms with Crippen molar-refractivity contribution in [3.8, 4) is 66.8 Å². The van der Waals surface area contributed by atoms with Crippen molar-refractivity contribution < 1.29 is 0 Å². The molecule has 19 rings (SSSR count). The van der Waals surface area contributed by atoms with Crippen LogP contribution in [-0.2, 0) is 0 Å². The highest BCUT2D eigenvalue weighted by molar-refractivity contribution is 6.22. The van der Waals surface area contributed by atoms with Gasteiger partial charge in [0.1, 0.15) is 0 Å². The third-order valence-electron chi connectivity index (χ3n) is 21.2. The lowest BCUT2D eigenvalue weighted by atomic mass is 9.73. The summed E-state index contributed by atoms with van der Waals surface area (Å²) in [5, 5.41) is 29.7. The molecule has 0 bridgehead atoms. The Morgan fingerprint density at radius 2 is 0.250 bits per heavy atom. The molecule has 0 fully saturated rings. The van der Waals surface area contributed by atoms with Crippen LogP contribution in [0, 0.1) is 41.5 Å². The lowest BCUT2D eigenvalue weighted by Gasteiger charge is -2.29. The first-order valence-electron chi connectivity index (χ1n) is 33.8. The fraction of sp³-hybridized carbons (Fsp3) is 0.0625. The van der Waals surface area contributed by atoms with Gasteiger partial charge in [0.25, 0.3) is 0 Å². The molecule has 0 unspecified atom stereocenters. The molecule has 0 aliphatic heterocycles. The van der Waals surface area contributed by atoms with Crippen LogP contribution in [0.3, 0.4) is 0 Å². The zero-order valence-corrected chi connectivity index (χ0v) is 54.7. The number of benzene rings is 19. The lowest BCUT2D eigenvalue weighted by molar-refractivity contribution is 1.51. The quantitative estimate of drug-likeness (QED) is 0.146. The van der Waals surface area contributed by atoms with Gasteiger partial charge in [0.15, 0.2) is 0 Å². The van der Waals surface area contributed by atoms with Crippen LogP contribution in [0.15, 0.2) is 291 Å². The maximum Gasteiger partial charge on any atom is -0.00136 e. The molecule has 0 spiro atoms. The van der Waals surface area contributed by atoms with E-state index in [4.69, 9.17) is 0 Å². The maximum absolute atomic E-state index is 2.51. The Labute approximate surface area is 558 Å². The van der Waals surface area contributed by atoms with E-state index in [1.165, 1.54) is 196 Å². The topological polar surface area (TPSA) is 0 Å². The molecule has 0 saturated carbocycles. The Bertz CT molecular complexity index is 5570. The summed E-state index contributed by atoms with van der Waals surface area (Å²) in [5.74, 6) is 0. The van der Waals surface area contributed by atoms with E-state index in [0.29, 0.717) is 0 Å². The first-order chi connectivity index (χ1) is 47.0. The molecule has 0 nitrogen and oxygen atoms in total. The van der Waals surface area contributed by atoms with Gasteiger partial charge in [-0.3, -0.25) is 0 Å². The summed E-state index contributed by atoms with van der Waals surface area (Å²) in [6, 6.07) is 113. The Hall–Kier alpha value is -11.7. The fourth-order valence-corrected chi connectivity index (χ4v) is 16.5. The van der Waals surface area contributed by atoms with Crippen molar-refractivity contribution in [2.75, 3.05) is 0 Å². The minimum absolute atomic E-state index is 1.15. The monoisotopic (exact) mass is 1220 g/mol. The van der Waals surface area contributed by atoms with Crippen molar-refractivity contribution in [3.05, 3.63) is 325 Å². The summed E-state index contributed by atoms with van der Waals surface area (Å²) in [6.45, 7) is 13.3. The molecule has 0 N–H and O–H groups in total. The van der Waals surface area contributed by atoms with Crippen LogP contribution in [0.1, 0.15) is 33.4 Å². The highest BCUT2D eigenvalue weighted by Gasteiger charge is 2.31. The predicted octanol–water partition coefficient (Wildman–Crippen LogP) is 27.4. The van der Waals surface area contributed by atoms with Crippen molar-refractivity contribution in [2.45, 2.75) is 41.5 Å². The van der Waals surface area contributed by atoms with Crippen molar-refractivity contribution in [3.63, 3.8) is 0 Å². The smallest absolute Gasteiger partial charge is 0.00136 e. The van der Waals surface area contributed by atoms with Crippen molar-refractivity contribution >= 4 is 129 Å². The van der Waals surface area contributed by atoms with Crippen LogP contribution in [0.5, 0.6) is 0 Å². The second-order valence-electron chi connectivity index (χ2n) is 27.6. The van der Waals surface area contributed by atoms with E-state index in [0.717, 1.165) is 33.4 Å². The molecule has 0 aliphatic carbocycles. The van der Waals surface area contributed by atoms with Gasteiger partial charge >= 0.3 is 0 Å². The van der Waals surface area contributed by atoms with Gasteiger partial charge in [-0.05, 0) is 274 Å². The van der Waals surface area contributed by atoms with Gasteiger partial charge in [-0.1, -0.05) is 288 Å². The van der Waals surface area contributed by atoms with Gasteiger partial charge in [-0.15, -0.1) is 0 Å². The molecule has 0 aliphatic rings. The molecule has 450 valence electrons. The fourth-order valence-electron chi connectivity index (χ4n) is 16.5. The summed E-state index contributed by atoms with van der Waals surface area (Å²) >= 11 is 0. The third kappa shape index (κ3) is 8.97. The number of fused-ring (bicyclic) bond motifs is 18. The zero-order chi connectivity index (χ0) is 64.2. The molecule has 0 saturated heterocycles. The first-order valence-corrected chi connectivity index (χ1v) is 33.8. The van der Waals surface area contributed by atoms with E-state index in [1.54, 1.807) is 0 Å². The molecule has 0 atom stereocenters. The van der Waals surface area contributed by atoms with E-state index < -0.39 is 0 Å². The normalized spacial score (nSPS) is 12.1. The summed E-state index contributed by atoms with van der Waals surface area (Å²) in [6.07, 6.45) is 0. The van der Waals surface area contributed by atoms with Gasteiger partial charge < -0.3 is 0 Å². The summed E-state index contributed by atoms with van der Waals surface area (Å²) in [4.78, 5) is 0. The predicted molar refractivity (Wildman–Crippen MR) is 418 cm³/mol. The first kappa shape index (κ1) is 55.9. The molecule has 0 heterocycles. The summed E-state index contributed by atoms with van der Waals surface area (Å²) < 4.78 is 0. The SMILES string of the molecule is Cc1ccc2ccc3cc(-c4c(-c5ccc6c(ccc7ccc(C)cc76)c5)c(-c5ccc6c(ccc7ccc(C)cc76)c5)c(-c5ccc6c(ccc7ccc(C)cc76)c5)c(-c5ccc6c(ccc7ccc(C)cc76)c5)c4-c4ccc5c(ccc6ccc(C)cc65)c4)ccc3c2c1. The molecule has 19 aromatic carbocycles. The van der Waals surface area contributed by atoms with Crippen LogP contribution in [0.4, 0.5) is 0 Å². The van der Waals surface area contributed by atoms with E-state index >= 15 is 0 Å². The van der Waals surface area contributed by atoms with Gasteiger partial charge in [0.05, 0.1) is 0 Å². The van der Waals surface area contributed by atoms with Gasteiger partial charge in [-0.2, -0.15) is 0 Å². The van der Waals surface area contributed by atoms with Crippen LogP contribution in [-0.4, -0.2) is 0 Å². The van der Waals surface area contributed by atoms with Gasteiger partial charge in [0.2, 0.25) is 0 Å². The molecule has 0 radical (unpaired) electrons. The standard InChI is InChI=1S/C96H66/c1-55-7-13-61-19-25-67-49-73(31-37-79(67)85(61)43-55)91-92(74-32-38-80-68(50-74)26-20-62-14-8-56(2)44-86(62)80)94(76-34-40-82-70(52-76)28-22-64-16-10-58(4)46-88(64)82)96(78-36-42-84-72(54-78)30-24-66-18-12-60(6)48-90(66)84)95(77-35-41-83-71(53-77)29-23-65-17-11-59(5)47-89(65)83)93(91)75-33-39-81-69(51-75)27-21-63-15-9-57(3)45-87(63)81/h7-54H,1-6H3. The minimum atomic E-state index is 1.15. The Morgan fingerprint density at radius 3 is 0.406 bits per heavy atom. The average molecular weight is 1220 g/mol. The van der Waals surface area contributed by atoms with Crippen LogP contribution < -0.4 is 0 Å². The van der Waals surface area contributed by atoms with Crippen LogP contribution in [0.2, 0.25) is 0 Å². The van der Waals surface area contributed by atoms with Gasteiger partial charge in [0, 0.05) is 0 Å². The van der Waals surface area contributed by atoms with Crippen LogP contribution >= 0.6 is 0 Å². The largest absolute Gasteiger partial charge is 0.0587 e.